The summed E-state index contributed by atoms with van der Waals surface area (Å²) in [6.45, 7) is 2.55. The van der Waals surface area contributed by atoms with Gasteiger partial charge in [-0.2, -0.15) is 0 Å². The molecule has 120 valence electrons. The number of hydrogen-bond donors (Lipinski definition) is 5. The Morgan fingerprint density at radius 2 is 1.64 bits per heavy atom. The third kappa shape index (κ3) is 1.04. The first-order valence-electron chi connectivity index (χ1n) is 7.36. The van der Waals surface area contributed by atoms with Gasteiger partial charge in [0, 0.05) is 0 Å². The second-order valence-electron chi connectivity index (χ2n) is 7.30. The van der Waals surface area contributed by atoms with E-state index in [0.29, 0.717) is 5.56 Å². The fourth-order valence-corrected chi connectivity index (χ4v) is 4.89. The van der Waals surface area contributed by atoms with Crippen LogP contribution < -0.4 is 0 Å². The highest BCUT2D eigenvalue weighted by molar-refractivity contribution is 5.52. The average molecular weight is 308 g/mol. The lowest BCUT2D eigenvalue weighted by molar-refractivity contribution is -0.330. The lowest BCUT2D eigenvalue weighted by Crippen LogP contribution is -2.81. The van der Waals surface area contributed by atoms with Crippen molar-refractivity contribution in [1.82, 2.24) is 0 Å². The highest BCUT2D eigenvalue weighted by Crippen LogP contribution is 2.82. The Hall–Kier alpha value is -1.02. The summed E-state index contributed by atoms with van der Waals surface area (Å²) in [6.07, 6.45) is -1.25. The molecule has 22 heavy (non-hydrogen) atoms. The number of aliphatic hydroxyl groups excluding tert-OH is 1. The van der Waals surface area contributed by atoms with Gasteiger partial charge in [-0.25, -0.2) is 0 Å². The lowest BCUT2D eigenvalue weighted by Gasteiger charge is -2.61. The van der Waals surface area contributed by atoms with Gasteiger partial charge in [0.25, 0.3) is 0 Å². The molecule has 1 saturated heterocycles. The highest BCUT2D eigenvalue weighted by Gasteiger charge is 3.03. The average Bonchev–Trinajstić information content (AvgIpc) is 2.75. The van der Waals surface area contributed by atoms with Crippen molar-refractivity contribution in [1.29, 1.82) is 0 Å². The van der Waals surface area contributed by atoms with Crippen LogP contribution in [0, 0.1) is 5.41 Å². The van der Waals surface area contributed by atoms with Crippen LogP contribution in [-0.2, 0) is 4.74 Å². The highest BCUT2D eigenvalue weighted by atomic mass is 16.7. The van der Waals surface area contributed by atoms with E-state index in [2.05, 4.69) is 0 Å². The molecule has 0 aromatic heterocycles. The van der Waals surface area contributed by atoms with E-state index >= 15 is 0 Å². The van der Waals surface area contributed by atoms with Gasteiger partial charge in [-0.1, -0.05) is 44.2 Å². The number of aliphatic hydroxyl groups is 5. The van der Waals surface area contributed by atoms with Gasteiger partial charge in [-0.3, -0.25) is 0 Å². The fourth-order valence-electron chi connectivity index (χ4n) is 4.89. The van der Waals surface area contributed by atoms with E-state index < -0.39 is 46.6 Å². The van der Waals surface area contributed by atoms with Gasteiger partial charge in [0.15, 0.2) is 5.60 Å². The molecule has 2 aliphatic carbocycles. The van der Waals surface area contributed by atoms with E-state index in [-0.39, 0.29) is 0 Å². The number of rotatable bonds is 2. The fraction of sp³-hybridized carbons (Fsp3) is 0.625. The Morgan fingerprint density at radius 1 is 1.05 bits per heavy atom. The maximum atomic E-state index is 11.2. The van der Waals surface area contributed by atoms with Crippen molar-refractivity contribution in [3.63, 3.8) is 0 Å². The second-order valence-corrected chi connectivity index (χ2v) is 7.30. The summed E-state index contributed by atoms with van der Waals surface area (Å²) >= 11 is 0. The van der Waals surface area contributed by atoms with Crippen LogP contribution >= 0.6 is 0 Å². The number of fused-ring (bicyclic) bond motifs is 3. The van der Waals surface area contributed by atoms with Crippen LogP contribution in [-0.4, -0.2) is 60.8 Å². The van der Waals surface area contributed by atoms with Gasteiger partial charge < -0.3 is 30.3 Å². The zero-order valence-electron chi connectivity index (χ0n) is 12.4. The molecule has 5 N–H and O–H groups in total. The van der Waals surface area contributed by atoms with E-state index in [4.69, 9.17) is 4.74 Å². The molecular formula is C16H20O6. The van der Waals surface area contributed by atoms with Crippen molar-refractivity contribution in [3.8, 4) is 0 Å². The summed E-state index contributed by atoms with van der Waals surface area (Å²) < 4.78 is 5.45. The SMILES string of the molecule is CC1(C)C2(O)O[C@@H]3[C@](O)(CO)C(c4ccccc4)[C@@]3(O)[C@]12O. The molecule has 3 aliphatic rings. The molecule has 2 saturated carbocycles. The predicted molar refractivity (Wildman–Crippen MR) is 74.7 cm³/mol. The summed E-state index contributed by atoms with van der Waals surface area (Å²) in [6, 6.07) is 8.69. The molecule has 4 rings (SSSR count). The number of ether oxygens (including phenoxy) is 1. The van der Waals surface area contributed by atoms with Gasteiger partial charge in [-0.05, 0) is 5.56 Å². The lowest BCUT2D eigenvalue weighted by atomic mass is 9.50. The number of hydrogen-bond acceptors (Lipinski definition) is 6. The Kier molecular flexibility index (Phi) is 2.36. The van der Waals surface area contributed by atoms with Crippen LogP contribution in [0.3, 0.4) is 0 Å². The van der Waals surface area contributed by atoms with Crippen LogP contribution in [0.2, 0.25) is 0 Å². The first-order valence-corrected chi connectivity index (χ1v) is 7.36. The van der Waals surface area contributed by atoms with Crippen molar-refractivity contribution in [2.75, 3.05) is 6.61 Å². The Bertz CT molecular complexity index is 647. The largest absolute Gasteiger partial charge is 0.393 e. The monoisotopic (exact) mass is 308 g/mol. The molecular weight excluding hydrogens is 288 g/mol. The number of benzene rings is 1. The summed E-state index contributed by atoms with van der Waals surface area (Å²) in [5, 5.41) is 53.1. The van der Waals surface area contributed by atoms with Crippen molar-refractivity contribution >= 4 is 0 Å². The van der Waals surface area contributed by atoms with Crippen molar-refractivity contribution < 1.29 is 30.3 Å². The van der Waals surface area contributed by atoms with Crippen molar-refractivity contribution in [3.05, 3.63) is 35.9 Å². The summed E-state index contributed by atoms with van der Waals surface area (Å²) in [5.41, 5.74) is -6.04. The minimum Gasteiger partial charge on any atom is -0.393 e. The maximum Gasteiger partial charge on any atom is 0.207 e. The molecule has 0 bridgehead atoms. The molecule has 0 amide bonds. The Morgan fingerprint density at radius 3 is 2.18 bits per heavy atom. The molecule has 0 radical (unpaired) electrons. The van der Waals surface area contributed by atoms with Crippen LogP contribution in [0.5, 0.6) is 0 Å². The summed E-state index contributed by atoms with van der Waals surface area (Å²) in [5.74, 6) is -2.90. The van der Waals surface area contributed by atoms with Gasteiger partial charge in [0.2, 0.25) is 5.79 Å². The molecule has 6 nitrogen and oxygen atoms in total. The Labute approximate surface area is 127 Å². The molecule has 6 heteroatoms. The van der Waals surface area contributed by atoms with Crippen molar-refractivity contribution in [2.45, 2.75) is 48.5 Å². The molecule has 1 aromatic carbocycles. The van der Waals surface area contributed by atoms with E-state index in [1.807, 2.05) is 0 Å². The standard InChI is InChI=1S/C16H20O6/c1-12(2)15(20)14(19)10(9-6-4-3-5-7-9)13(18,8-17)11(14)22-16(12,15)21/h3-7,10-11,17-21H,8H2,1-2H3/t10?,11-,13+,14+,15-,16?/m1/s1. The van der Waals surface area contributed by atoms with Crippen molar-refractivity contribution in [2.24, 2.45) is 5.41 Å². The van der Waals surface area contributed by atoms with E-state index in [1.165, 1.54) is 0 Å². The maximum absolute atomic E-state index is 11.2. The van der Waals surface area contributed by atoms with Crippen LogP contribution in [0.4, 0.5) is 0 Å². The Balaban J connectivity index is 1.88. The molecule has 1 aromatic rings. The summed E-state index contributed by atoms with van der Waals surface area (Å²) in [4.78, 5) is 0. The van der Waals surface area contributed by atoms with Gasteiger partial charge >= 0.3 is 0 Å². The van der Waals surface area contributed by atoms with Gasteiger partial charge in [-0.15, -0.1) is 0 Å². The quantitative estimate of drug-likeness (QED) is 0.484. The molecule has 6 atom stereocenters. The molecule has 1 heterocycles. The van der Waals surface area contributed by atoms with Crippen LogP contribution in [0.25, 0.3) is 0 Å². The zero-order chi connectivity index (χ0) is 16.2. The molecule has 2 unspecified atom stereocenters. The minimum absolute atomic E-state index is 0.571. The van der Waals surface area contributed by atoms with Crippen LogP contribution in [0.1, 0.15) is 25.3 Å². The predicted octanol–water partition coefficient (Wildman–Crippen LogP) is -0.903. The van der Waals surface area contributed by atoms with E-state index in [0.717, 1.165) is 0 Å². The van der Waals surface area contributed by atoms with Crippen LogP contribution in [0.15, 0.2) is 30.3 Å². The third-order valence-corrected chi connectivity index (χ3v) is 6.23. The normalized spacial score (nSPS) is 54.3. The van der Waals surface area contributed by atoms with E-state index in [1.54, 1.807) is 44.2 Å². The first kappa shape index (κ1) is 14.6. The topological polar surface area (TPSA) is 110 Å². The zero-order valence-corrected chi connectivity index (χ0v) is 12.4. The molecule has 1 aliphatic heterocycles. The first-order chi connectivity index (χ1) is 10.1. The second kappa shape index (κ2) is 3.56. The minimum atomic E-state index is -1.94. The van der Waals surface area contributed by atoms with E-state index in [9.17, 15) is 25.5 Å². The van der Waals surface area contributed by atoms with Gasteiger partial charge in [0.05, 0.1) is 17.9 Å². The third-order valence-electron chi connectivity index (χ3n) is 6.23. The molecule has 0 spiro atoms. The summed E-state index contributed by atoms with van der Waals surface area (Å²) in [7, 11) is 0. The molecule has 3 fully saturated rings. The van der Waals surface area contributed by atoms with Gasteiger partial charge in [0.1, 0.15) is 17.3 Å². The smallest absolute Gasteiger partial charge is 0.207 e.